The van der Waals surface area contributed by atoms with Crippen LogP contribution in [0.3, 0.4) is 0 Å². The summed E-state index contributed by atoms with van der Waals surface area (Å²) in [5.74, 6) is -1.30. The van der Waals surface area contributed by atoms with Gasteiger partial charge in [-0.1, -0.05) is 22.9 Å². The zero-order valence-corrected chi connectivity index (χ0v) is 13.5. The summed E-state index contributed by atoms with van der Waals surface area (Å²) in [6.07, 6.45) is 1.45. The van der Waals surface area contributed by atoms with Gasteiger partial charge < -0.3 is 5.11 Å². The molecule has 106 valence electrons. The summed E-state index contributed by atoms with van der Waals surface area (Å²) in [5, 5.41) is 9.07. The molecule has 0 spiro atoms. The predicted molar refractivity (Wildman–Crippen MR) is 79.0 cm³/mol. The summed E-state index contributed by atoms with van der Waals surface area (Å²) >= 11 is 9.95. The van der Waals surface area contributed by atoms with Crippen LogP contribution in [0.1, 0.15) is 10.4 Å². The Hall–Kier alpha value is -1.16. The summed E-state index contributed by atoms with van der Waals surface area (Å²) in [6, 6.07) is 3.44. The molecule has 0 saturated carbocycles. The molecule has 0 atom stereocenters. The van der Waals surface area contributed by atoms with Crippen LogP contribution in [0.25, 0.3) is 0 Å². The lowest BCUT2D eigenvalue weighted by Crippen LogP contribution is -2.13. The number of benzene rings is 1. The van der Waals surface area contributed by atoms with Gasteiger partial charge in [-0.2, -0.15) is 0 Å². The number of halogens is 2. The minimum atomic E-state index is -3.92. The van der Waals surface area contributed by atoms with Gasteiger partial charge in [-0.15, -0.1) is 0 Å². The van der Waals surface area contributed by atoms with E-state index in [2.05, 4.69) is 25.6 Å². The van der Waals surface area contributed by atoms with E-state index in [9.17, 15) is 13.2 Å². The van der Waals surface area contributed by atoms with Crippen LogP contribution in [0, 0.1) is 0 Å². The molecule has 10 heteroatoms. The summed E-state index contributed by atoms with van der Waals surface area (Å²) < 4.78 is 27.1. The number of anilines is 1. The highest BCUT2D eigenvalue weighted by atomic mass is 79.9. The van der Waals surface area contributed by atoms with E-state index in [0.717, 1.165) is 17.4 Å². The summed E-state index contributed by atoms with van der Waals surface area (Å²) in [7, 11) is -3.92. The number of sulfonamides is 1. The van der Waals surface area contributed by atoms with Crippen molar-refractivity contribution in [1.29, 1.82) is 0 Å². The van der Waals surface area contributed by atoms with Crippen molar-refractivity contribution in [2.75, 3.05) is 4.72 Å². The largest absolute Gasteiger partial charge is 0.478 e. The normalized spacial score (nSPS) is 11.3. The number of carbonyl (C=O) groups is 1. The third-order valence-corrected chi connectivity index (χ3v) is 5.36. The zero-order valence-electron chi connectivity index (χ0n) is 9.50. The molecule has 0 aliphatic heterocycles. The fourth-order valence-corrected chi connectivity index (χ4v) is 3.88. The third-order valence-electron chi connectivity index (χ3n) is 2.18. The Morgan fingerprint density at radius 3 is 2.70 bits per heavy atom. The van der Waals surface area contributed by atoms with Crippen molar-refractivity contribution in [3.8, 4) is 0 Å². The Kier molecular flexibility index (Phi) is 4.33. The molecule has 0 aliphatic rings. The van der Waals surface area contributed by atoms with E-state index in [1.807, 2.05) is 0 Å². The van der Waals surface area contributed by atoms with Crippen LogP contribution in [0.2, 0.25) is 5.02 Å². The number of carboxylic acid groups (broad SMARTS) is 1. The first kappa shape index (κ1) is 15.2. The summed E-state index contributed by atoms with van der Waals surface area (Å²) in [6.45, 7) is 0. The van der Waals surface area contributed by atoms with E-state index in [0.29, 0.717) is 3.79 Å². The maximum atomic E-state index is 12.1. The fourth-order valence-electron chi connectivity index (χ4n) is 1.31. The Morgan fingerprint density at radius 1 is 1.45 bits per heavy atom. The molecule has 0 radical (unpaired) electrons. The lowest BCUT2D eigenvalue weighted by atomic mass is 10.2. The number of hydrogen-bond acceptors (Lipinski definition) is 5. The van der Waals surface area contributed by atoms with Crippen LogP contribution in [0.5, 0.6) is 0 Å². The molecule has 0 saturated heterocycles. The molecule has 0 bridgehead atoms. The van der Waals surface area contributed by atoms with Gasteiger partial charge in [-0.3, -0.25) is 4.72 Å². The Labute approximate surface area is 131 Å². The Morgan fingerprint density at radius 2 is 2.15 bits per heavy atom. The first-order valence-corrected chi connectivity index (χ1v) is 8.43. The van der Waals surface area contributed by atoms with Crippen LogP contribution < -0.4 is 4.72 Å². The van der Waals surface area contributed by atoms with Crippen LogP contribution in [0.15, 0.2) is 33.1 Å². The molecule has 0 fully saturated rings. The van der Waals surface area contributed by atoms with Gasteiger partial charge in [0, 0.05) is 0 Å². The number of nitrogens with zero attached hydrogens (tertiary/aromatic N) is 1. The summed E-state index contributed by atoms with van der Waals surface area (Å²) in [5.41, 5.74) is -0.283. The van der Waals surface area contributed by atoms with E-state index in [1.165, 1.54) is 18.3 Å². The van der Waals surface area contributed by atoms with Gasteiger partial charge in [0.05, 0.1) is 25.5 Å². The van der Waals surface area contributed by atoms with Crippen molar-refractivity contribution in [2.24, 2.45) is 0 Å². The van der Waals surface area contributed by atoms with Crippen molar-refractivity contribution < 1.29 is 18.3 Å². The highest BCUT2D eigenvalue weighted by Gasteiger charge is 2.19. The van der Waals surface area contributed by atoms with Crippen molar-refractivity contribution >= 4 is 60.0 Å². The van der Waals surface area contributed by atoms with Gasteiger partial charge in [0.2, 0.25) is 0 Å². The summed E-state index contributed by atoms with van der Waals surface area (Å²) in [4.78, 5) is 14.6. The van der Waals surface area contributed by atoms with Crippen molar-refractivity contribution in [3.63, 3.8) is 0 Å². The standard InChI is InChI=1S/C10H6BrClN2O4S2/c11-8-4-13-10(19-8)14-20(17,18)5-1-2-7(12)6(3-5)9(15)16/h1-4H,(H,13,14)(H,15,16). The van der Waals surface area contributed by atoms with Gasteiger partial charge in [0.15, 0.2) is 5.13 Å². The molecule has 1 heterocycles. The van der Waals surface area contributed by atoms with Gasteiger partial charge >= 0.3 is 5.97 Å². The molecule has 0 amide bonds. The average molecular weight is 398 g/mol. The highest BCUT2D eigenvalue weighted by molar-refractivity contribution is 9.11. The fraction of sp³-hybridized carbons (Fsp3) is 0. The minimum Gasteiger partial charge on any atom is -0.478 e. The van der Waals surface area contributed by atoms with E-state index in [4.69, 9.17) is 16.7 Å². The second kappa shape index (κ2) is 5.68. The number of rotatable bonds is 4. The van der Waals surface area contributed by atoms with Gasteiger partial charge in [-0.25, -0.2) is 18.2 Å². The molecule has 1 aromatic heterocycles. The molecule has 1 aromatic carbocycles. The van der Waals surface area contributed by atoms with E-state index in [-0.39, 0.29) is 20.6 Å². The first-order chi connectivity index (χ1) is 9.29. The molecule has 0 aliphatic carbocycles. The highest BCUT2D eigenvalue weighted by Crippen LogP contribution is 2.26. The number of carboxylic acids is 1. The lowest BCUT2D eigenvalue weighted by molar-refractivity contribution is 0.0697. The van der Waals surface area contributed by atoms with Crippen LogP contribution in [0.4, 0.5) is 5.13 Å². The Bertz CT molecular complexity index is 775. The molecule has 0 unspecified atom stereocenters. The number of nitrogens with one attached hydrogen (secondary N) is 1. The average Bonchev–Trinajstić information content (AvgIpc) is 2.73. The lowest BCUT2D eigenvalue weighted by Gasteiger charge is -2.06. The second-order valence-corrected chi connectivity index (χ2v) is 8.02. The quantitative estimate of drug-likeness (QED) is 0.826. The first-order valence-electron chi connectivity index (χ1n) is 4.96. The van der Waals surface area contributed by atoms with E-state index < -0.39 is 16.0 Å². The monoisotopic (exact) mass is 396 g/mol. The molecule has 20 heavy (non-hydrogen) atoms. The van der Waals surface area contributed by atoms with E-state index in [1.54, 1.807) is 0 Å². The third kappa shape index (κ3) is 3.29. The molecule has 2 rings (SSSR count). The Balaban J connectivity index is 2.39. The predicted octanol–water partition coefficient (Wildman–Crippen LogP) is 3.06. The van der Waals surface area contributed by atoms with Crippen LogP contribution >= 0.6 is 38.9 Å². The maximum absolute atomic E-state index is 12.1. The van der Waals surface area contributed by atoms with Crippen molar-refractivity contribution in [3.05, 3.63) is 38.8 Å². The smallest absolute Gasteiger partial charge is 0.337 e. The zero-order chi connectivity index (χ0) is 14.9. The van der Waals surface area contributed by atoms with Crippen LogP contribution in [-0.4, -0.2) is 24.5 Å². The molecular formula is C10H6BrClN2O4S2. The number of aromatic carboxylic acids is 1. The molecular weight excluding hydrogens is 392 g/mol. The number of hydrogen-bond donors (Lipinski definition) is 2. The molecule has 2 aromatic rings. The molecule has 6 nitrogen and oxygen atoms in total. The van der Waals surface area contributed by atoms with Gasteiger partial charge in [0.25, 0.3) is 10.0 Å². The topological polar surface area (TPSA) is 96.4 Å². The number of thiazole rings is 1. The van der Waals surface area contributed by atoms with Crippen molar-refractivity contribution in [2.45, 2.75) is 4.90 Å². The van der Waals surface area contributed by atoms with Crippen LogP contribution in [-0.2, 0) is 10.0 Å². The van der Waals surface area contributed by atoms with Gasteiger partial charge in [-0.05, 0) is 34.1 Å². The van der Waals surface area contributed by atoms with Crippen molar-refractivity contribution in [1.82, 2.24) is 4.98 Å². The second-order valence-electron chi connectivity index (χ2n) is 3.52. The molecule has 2 N–H and O–H groups in total. The van der Waals surface area contributed by atoms with Gasteiger partial charge in [0.1, 0.15) is 0 Å². The maximum Gasteiger partial charge on any atom is 0.337 e. The van der Waals surface area contributed by atoms with E-state index >= 15 is 0 Å². The minimum absolute atomic E-state index is 0.0338. The SMILES string of the molecule is O=C(O)c1cc(S(=O)(=O)Nc2ncc(Br)s2)ccc1Cl. The number of aromatic nitrogens is 1.